The number of hydrogen-bond donors (Lipinski definition) is 1. The highest BCUT2D eigenvalue weighted by Gasteiger charge is 2.20. The van der Waals surface area contributed by atoms with Gasteiger partial charge in [0, 0.05) is 10.7 Å². The van der Waals surface area contributed by atoms with Crippen molar-refractivity contribution >= 4 is 23.2 Å². The first-order valence-corrected chi connectivity index (χ1v) is 9.45. The Bertz CT molecular complexity index is 757. The first-order valence-electron chi connectivity index (χ1n) is 9.07. The number of ether oxygens (including phenoxy) is 1. The lowest BCUT2D eigenvalue weighted by Crippen LogP contribution is -2.31. The van der Waals surface area contributed by atoms with Gasteiger partial charge in [-0.1, -0.05) is 57.5 Å². The summed E-state index contributed by atoms with van der Waals surface area (Å²) in [5, 5.41) is 3.78. The number of hydrogen-bond acceptors (Lipinski definition) is 2. The van der Waals surface area contributed by atoms with Crippen LogP contribution in [0.4, 0.5) is 5.69 Å². The average molecular weight is 374 g/mol. The van der Waals surface area contributed by atoms with Crippen LogP contribution >= 0.6 is 11.6 Å². The van der Waals surface area contributed by atoms with Crippen molar-refractivity contribution in [2.45, 2.75) is 59.5 Å². The van der Waals surface area contributed by atoms with Gasteiger partial charge in [-0.05, 0) is 60.6 Å². The lowest BCUT2D eigenvalue weighted by Gasteiger charge is -2.22. The molecule has 0 aromatic heterocycles. The van der Waals surface area contributed by atoms with Crippen molar-refractivity contribution in [3.8, 4) is 5.75 Å². The minimum Gasteiger partial charge on any atom is -0.481 e. The molecule has 2 aromatic carbocycles. The molecule has 1 atom stereocenters. The largest absolute Gasteiger partial charge is 0.481 e. The summed E-state index contributed by atoms with van der Waals surface area (Å²) in [7, 11) is 0. The second-order valence-electron chi connectivity index (χ2n) is 7.28. The Labute approximate surface area is 161 Å². The maximum atomic E-state index is 12.8. The molecule has 0 aliphatic carbocycles. The molecule has 0 saturated heterocycles. The first kappa shape index (κ1) is 20.3. The van der Waals surface area contributed by atoms with Gasteiger partial charge in [0.05, 0.1) is 0 Å². The number of rotatable bonds is 6. The molecule has 2 aromatic rings. The second kappa shape index (κ2) is 8.59. The zero-order valence-electron chi connectivity index (χ0n) is 16.4. The van der Waals surface area contributed by atoms with Crippen LogP contribution in [-0.2, 0) is 4.79 Å². The highest BCUT2D eigenvalue weighted by Crippen LogP contribution is 2.32. The third kappa shape index (κ3) is 4.79. The fraction of sp³-hybridized carbons (Fsp3) is 0.409. The minimum absolute atomic E-state index is 0.160. The molecule has 1 amide bonds. The van der Waals surface area contributed by atoms with Gasteiger partial charge in [-0.25, -0.2) is 0 Å². The van der Waals surface area contributed by atoms with Gasteiger partial charge in [0.25, 0.3) is 5.91 Å². The number of nitrogens with one attached hydrogen (secondary N) is 1. The Morgan fingerprint density at radius 1 is 1.00 bits per heavy atom. The molecule has 2 rings (SSSR count). The molecule has 0 aliphatic heterocycles. The molecule has 0 aliphatic rings. The van der Waals surface area contributed by atoms with E-state index < -0.39 is 6.10 Å². The van der Waals surface area contributed by atoms with E-state index in [9.17, 15) is 4.79 Å². The van der Waals surface area contributed by atoms with Gasteiger partial charge >= 0.3 is 0 Å². The molecule has 0 radical (unpaired) electrons. The van der Waals surface area contributed by atoms with Gasteiger partial charge in [-0.3, -0.25) is 4.79 Å². The molecule has 0 heterocycles. The number of carbonyl (C=O) groups excluding carboxylic acids is 1. The van der Waals surface area contributed by atoms with E-state index in [1.807, 2.05) is 13.0 Å². The summed E-state index contributed by atoms with van der Waals surface area (Å²) in [4.78, 5) is 12.8. The summed E-state index contributed by atoms with van der Waals surface area (Å²) in [5.41, 5.74) is 4.10. The number of halogens is 1. The molecule has 26 heavy (non-hydrogen) atoms. The number of carbonyl (C=O) groups is 1. The number of aryl methyl sites for hydroxylation is 1. The summed E-state index contributed by atoms with van der Waals surface area (Å²) in [6, 6.07) is 11.6. The highest BCUT2D eigenvalue weighted by molar-refractivity contribution is 6.31. The van der Waals surface area contributed by atoms with Crippen LogP contribution in [0.1, 0.15) is 63.1 Å². The SMILES string of the molecule is Cc1cc(OC(C)C(=O)Nc2c(C(C)C)cccc2C(C)C)ccc1Cl. The topological polar surface area (TPSA) is 38.3 Å². The second-order valence-corrected chi connectivity index (χ2v) is 7.69. The van der Waals surface area contributed by atoms with Gasteiger partial charge in [-0.15, -0.1) is 0 Å². The van der Waals surface area contributed by atoms with Crippen LogP contribution in [0.25, 0.3) is 0 Å². The third-order valence-corrected chi connectivity index (χ3v) is 4.86. The molecule has 4 heteroatoms. The summed E-state index contributed by atoms with van der Waals surface area (Å²) in [6.45, 7) is 12.2. The fourth-order valence-corrected chi connectivity index (χ4v) is 2.99. The lowest BCUT2D eigenvalue weighted by molar-refractivity contribution is -0.122. The summed E-state index contributed by atoms with van der Waals surface area (Å²) >= 11 is 6.05. The smallest absolute Gasteiger partial charge is 0.265 e. The van der Waals surface area contributed by atoms with Gasteiger partial charge in [0.2, 0.25) is 0 Å². The van der Waals surface area contributed by atoms with Crippen LogP contribution in [0, 0.1) is 6.92 Å². The van der Waals surface area contributed by atoms with Crippen LogP contribution in [0.5, 0.6) is 5.75 Å². The van der Waals surface area contributed by atoms with E-state index in [0.29, 0.717) is 22.6 Å². The Morgan fingerprint density at radius 2 is 1.58 bits per heavy atom. The molecule has 0 bridgehead atoms. The van der Waals surface area contributed by atoms with Crippen LogP contribution in [0.15, 0.2) is 36.4 Å². The van der Waals surface area contributed by atoms with E-state index in [2.05, 4.69) is 51.2 Å². The third-order valence-electron chi connectivity index (χ3n) is 4.43. The molecule has 0 spiro atoms. The lowest BCUT2D eigenvalue weighted by atomic mass is 9.92. The molecule has 140 valence electrons. The summed E-state index contributed by atoms with van der Waals surface area (Å²) in [5.74, 6) is 1.11. The van der Waals surface area contributed by atoms with Crippen molar-refractivity contribution in [1.29, 1.82) is 0 Å². The maximum Gasteiger partial charge on any atom is 0.265 e. The first-order chi connectivity index (χ1) is 12.2. The zero-order valence-corrected chi connectivity index (χ0v) is 17.1. The summed E-state index contributed by atoms with van der Waals surface area (Å²) < 4.78 is 5.81. The predicted molar refractivity (Wildman–Crippen MR) is 110 cm³/mol. The minimum atomic E-state index is -0.615. The van der Waals surface area contributed by atoms with E-state index in [-0.39, 0.29) is 5.91 Å². The van der Waals surface area contributed by atoms with Crippen LogP contribution in [0.3, 0.4) is 0 Å². The Morgan fingerprint density at radius 3 is 2.08 bits per heavy atom. The van der Waals surface area contributed by atoms with Crippen LogP contribution < -0.4 is 10.1 Å². The van der Waals surface area contributed by atoms with Crippen LogP contribution in [-0.4, -0.2) is 12.0 Å². The fourth-order valence-electron chi connectivity index (χ4n) is 2.87. The van der Waals surface area contributed by atoms with E-state index in [0.717, 1.165) is 22.4 Å². The molecule has 1 N–H and O–H groups in total. The monoisotopic (exact) mass is 373 g/mol. The standard InChI is InChI=1S/C22H28ClNO2/c1-13(2)18-8-7-9-19(14(3)4)21(18)24-22(25)16(6)26-17-10-11-20(23)15(5)12-17/h7-14,16H,1-6H3,(H,24,25). The van der Waals surface area contributed by atoms with Gasteiger partial charge in [0.15, 0.2) is 6.10 Å². The Hall–Kier alpha value is -2.00. The van der Waals surface area contributed by atoms with Crippen molar-refractivity contribution < 1.29 is 9.53 Å². The molecular weight excluding hydrogens is 346 g/mol. The number of benzene rings is 2. The van der Waals surface area contributed by atoms with E-state index >= 15 is 0 Å². The predicted octanol–water partition coefficient (Wildman–Crippen LogP) is 6.30. The van der Waals surface area contributed by atoms with E-state index in [1.165, 1.54) is 0 Å². The van der Waals surface area contributed by atoms with Crippen molar-refractivity contribution in [2.24, 2.45) is 0 Å². The van der Waals surface area contributed by atoms with Crippen LogP contribution in [0.2, 0.25) is 5.02 Å². The zero-order chi connectivity index (χ0) is 19.4. The average Bonchev–Trinajstić information content (AvgIpc) is 2.57. The maximum absolute atomic E-state index is 12.8. The number of para-hydroxylation sites is 1. The van der Waals surface area contributed by atoms with E-state index in [1.54, 1.807) is 19.1 Å². The summed E-state index contributed by atoms with van der Waals surface area (Å²) in [6.07, 6.45) is -0.615. The Balaban J connectivity index is 2.21. The molecule has 0 saturated carbocycles. The highest BCUT2D eigenvalue weighted by atomic mass is 35.5. The number of amides is 1. The van der Waals surface area contributed by atoms with Crippen molar-refractivity contribution in [3.63, 3.8) is 0 Å². The van der Waals surface area contributed by atoms with Gasteiger partial charge in [0.1, 0.15) is 5.75 Å². The van der Waals surface area contributed by atoms with Gasteiger partial charge < -0.3 is 10.1 Å². The van der Waals surface area contributed by atoms with E-state index in [4.69, 9.17) is 16.3 Å². The van der Waals surface area contributed by atoms with Gasteiger partial charge in [-0.2, -0.15) is 0 Å². The normalized spacial score (nSPS) is 12.3. The van der Waals surface area contributed by atoms with Crippen molar-refractivity contribution in [1.82, 2.24) is 0 Å². The molecule has 3 nitrogen and oxygen atoms in total. The Kier molecular flexibility index (Phi) is 6.71. The molecule has 1 unspecified atom stereocenters. The number of anilines is 1. The molecular formula is C22H28ClNO2. The molecule has 0 fully saturated rings. The quantitative estimate of drug-likeness (QED) is 0.645. The van der Waals surface area contributed by atoms with Crippen molar-refractivity contribution in [3.05, 3.63) is 58.1 Å². The van der Waals surface area contributed by atoms with Crippen molar-refractivity contribution in [2.75, 3.05) is 5.32 Å².